The van der Waals surface area contributed by atoms with Crippen LogP contribution in [0.2, 0.25) is 0 Å². The Labute approximate surface area is 94.6 Å². The number of ether oxygens (including phenoxy) is 1. The predicted octanol–water partition coefficient (Wildman–Crippen LogP) is 3.10. The Hall–Kier alpha value is -0.0800. The maximum atomic E-state index is 6.44. The van der Waals surface area contributed by atoms with E-state index in [-0.39, 0.29) is 11.6 Å². The van der Waals surface area contributed by atoms with Crippen molar-refractivity contribution >= 4 is 0 Å². The van der Waals surface area contributed by atoms with E-state index in [9.17, 15) is 0 Å². The van der Waals surface area contributed by atoms with Crippen LogP contribution in [0, 0.1) is 5.92 Å². The summed E-state index contributed by atoms with van der Waals surface area (Å²) in [7, 11) is 0. The second-order valence-corrected chi connectivity index (χ2v) is 4.78. The molecule has 0 bridgehead atoms. The van der Waals surface area contributed by atoms with Gasteiger partial charge >= 0.3 is 0 Å². The molecule has 1 rings (SSSR count). The van der Waals surface area contributed by atoms with Crippen LogP contribution in [0.4, 0.5) is 0 Å². The van der Waals surface area contributed by atoms with Gasteiger partial charge in [0.25, 0.3) is 0 Å². The van der Waals surface area contributed by atoms with Crippen LogP contribution in [0.5, 0.6) is 0 Å². The lowest BCUT2D eigenvalue weighted by Gasteiger charge is -2.40. The number of nitrogens with two attached hydrogens (primary N) is 1. The minimum Gasteiger partial charge on any atom is -0.374 e. The quantitative estimate of drug-likeness (QED) is 0.736. The number of hydrogen-bond donors (Lipinski definition) is 1. The lowest BCUT2D eigenvalue weighted by Crippen LogP contribution is -2.53. The fraction of sp³-hybridized carbons (Fsp3) is 1.00. The molecule has 0 saturated heterocycles. The zero-order chi connectivity index (χ0) is 11.3. The molecule has 2 nitrogen and oxygen atoms in total. The first-order chi connectivity index (χ1) is 7.20. The van der Waals surface area contributed by atoms with Gasteiger partial charge in [0.1, 0.15) is 0 Å². The van der Waals surface area contributed by atoms with Crippen molar-refractivity contribution in [1.29, 1.82) is 0 Å². The van der Waals surface area contributed by atoms with Crippen LogP contribution < -0.4 is 5.73 Å². The molecule has 0 heterocycles. The normalized spacial score (nSPS) is 20.8. The highest BCUT2D eigenvalue weighted by atomic mass is 16.5. The SMILES string of the molecule is CCOC(CC)(CC)C(N)C1CCCC1. The van der Waals surface area contributed by atoms with Gasteiger partial charge in [-0.15, -0.1) is 0 Å². The Morgan fingerprint density at radius 1 is 1.20 bits per heavy atom. The average Bonchev–Trinajstić information content (AvgIpc) is 2.78. The van der Waals surface area contributed by atoms with E-state index in [4.69, 9.17) is 10.5 Å². The number of rotatable bonds is 6. The molecule has 0 aliphatic heterocycles. The lowest BCUT2D eigenvalue weighted by atomic mass is 9.80. The number of hydrogen-bond acceptors (Lipinski definition) is 2. The van der Waals surface area contributed by atoms with Gasteiger partial charge in [-0.05, 0) is 38.5 Å². The van der Waals surface area contributed by atoms with E-state index in [1.807, 2.05) is 0 Å². The second-order valence-electron chi connectivity index (χ2n) is 4.78. The molecular weight excluding hydrogens is 186 g/mol. The van der Waals surface area contributed by atoms with E-state index < -0.39 is 0 Å². The molecular formula is C13H27NO. The standard InChI is InChI=1S/C13H27NO/c1-4-13(5-2,15-6-3)12(14)11-9-7-8-10-11/h11-12H,4-10,14H2,1-3H3. The van der Waals surface area contributed by atoms with Gasteiger partial charge in [-0.2, -0.15) is 0 Å². The molecule has 1 unspecified atom stereocenters. The van der Waals surface area contributed by atoms with Gasteiger partial charge in [-0.3, -0.25) is 0 Å². The molecule has 1 fully saturated rings. The van der Waals surface area contributed by atoms with Gasteiger partial charge < -0.3 is 10.5 Å². The average molecular weight is 213 g/mol. The minimum absolute atomic E-state index is 0.0657. The molecule has 1 atom stereocenters. The molecule has 90 valence electrons. The third kappa shape index (κ3) is 2.73. The van der Waals surface area contributed by atoms with Crippen LogP contribution in [-0.4, -0.2) is 18.2 Å². The summed E-state index contributed by atoms with van der Waals surface area (Å²) >= 11 is 0. The molecule has 2 heteroatoms. The van der Waals surface area contributed by atoms with E-state index in [2.05, 4.69) is 20.8 Å². The van der Waals surface area contributed by atoms with Crippen molar-refractivity contribution in [2.45, 2.75) is 70.9 Å². The Bertz CT molecular complexity index is 171. The minimum atomic E-state index is -0.0657. The van der Waals surface area contributed by atoms with E-state index in [1.54, 1.807) is 0 Å². The first kappa shape index (κ1) is 13.0. The van der Waals surface area contributed by atoms with Crippen molar-refractivity contribution in [3.8, 4) is 0 Å². The molecule has 1 aliphatic carbocycles. The largest absolute Gasteiger partial charge is 0.374 e. The van der Waals surface area contributed by atoms with Crippen molar-refractivity contribution in [2.24, 2.45) is 11.7 Å². The van der Waals surface area contributed by atoms with Crippen molar-refractivity contribution in [3.05, 3.63) is 0 Å². The highest BCUT2D eigenvalue weighted by Gasteiger charge is 2.39. The molecule has 0 aromatic heterocycles. The van der Waals surface area contributed by atoms with Crippen LogP contribution in [0.25, 0.3) is 0 Å². The lowest BCUT2D eigenvalue weighted by molar-refractivity contribution is -0.0752. The van der Waals surface area contributed by atoms with Gasteiger partial charge in [-0.1, -0.05) is 26.7 Å². The third-order valence-corrected chi connectivity index (χ3v) is 4.14. The Kier molecular flexibility index (Phi) is 5.07. The first-order valence-electron chi connectivity index (χ1n) is 6.59. The first-order valence-corrected chi connectivity index (χ1v) is 6.59. The van der Waals surface area contributed by atoms with Crippen LogP contribution in [0.1, 0.15) is 59.3 Å². The molecule has 2 N–H and O–H groups in total. The van der Waals surface area contributed by atoms with Crippen LogP contribution in [-0.2, 0) is 4.74 Å². The molecule has 1 aliphatic rings. The molecule has 0 amide bonds. The van der Waals surface area contributed by atoms with Crippen molar-refractivity contribution in [3.63, 3.8) is 0 Å². The van der Waals surface area contributed by atoms with E-state index in [0.717, 1.165) is 19.4 Å². The summed E-state index contributed by atoms with van der Waals surface area (Å²) in [4.78, 5) is 0. The van der Waals surface area contributed by atoms with Crippen LogP contribution in [0.15, 0.2) is 0 Å². The molecule has 0 aromatic rings. The molecule has 15 heavy (non-hydrogen) atoms. The zero-order valence-corrected chi connectivity index (χ0v) is 10.6. The molecule has 0 aromatic carbocycles. The summed E-state index contributed by atoms with van der Waals surface area (Å²) < 4.78 is 5.98. The topological polar surface area (TPSA) is 35.2 Å². The predicted molar refractivity (Wildman–Crippen MR) is 64.9 cm³/mol. The molecule has 0 spiro atoms. The highest BCUT2D eigenvalue weighted by Crippen LogP contribution is 2.35. The Morgan fingerprint density at radius 2 is 1.73 bits per heavy atom. The van der Waals surface area contributed by atoms with Crippen LogP contribution >= 0.6 is 0 Å². The Balaban J connectivity index is 2.67. The van der Waals surface area contributed by atoms with Crippen molar-refractivity contribution in [2.75, 3.05) is 6.61 Å². The molecule has 1 saturated carbocycles. The summed E-state index contributed by atoms with van der Waals surface area (Å²) in [6.07, 6.45) is 7.39. The van der Waals surface area contributed by atoms with Gasteiger partial charge in [0.15, 0.2) is 0 Å². The van der Waals surface area contributed by atoms with Gasteiger partial charge in [-0.25, -0.2) is 0 Å². The van der Waals surface area contributed by atoms with E-state index in [1.165, 1.54) is 25.7 Å². The van der Waals surface area contributed by atoms with Gasteiger partial charge in [0.05, 0.1) is 5.60 Å². The summed E-state index contributed by atoms with van der Waals surface area (Å²) in [5.74, 6) is 0.691. The fourth-order valence-corrected chi connectivity index (χ4v) is 3.06. The van der Waals surface area contributed by atoms with Crippen molar-refractivity contribution < 1.29 is 4.74 Å². The summed E-state index contributed by atoms with van der Waals surface area (Å²) in [6.45, 7) is 7.26. The molecule has 0 radical (unpaired) electrons. The maximum absolute atomic E-state index is 6.44. The second kappa shape index (κ2) is 5.86. The highest BCUT2D eigenvalue weighted by molar-refractivity contribution is 4.94. The fourth-order valence-electron chi connectivity index (χ4n) is 3.06. The monoisotopic (exact) mass is 213 g/mol. The summed E-state index contributed by atoms with van der Waals surface area (Å²) in [5.41, 5.74) is 6.37. The van der Waals surface area contributed by atoms with E-state index >= 15 is 0 Å². The van der Waals surface area contributed by atoms with E-state index in [0.29, 0.717) is 5.92 Å². The summed E-state index contributed by atoms with van der Waals surface area (Å²) in [6, 6.07) is 0.231. The zero-order valence-electron chi connectivity index (χ0n) is 10.6. The van der Waals surface area contributed by atoms with Crippen molar-refractivity contribution in [1.82, 2.24) is 0 Å². The van der Waals surface area contributed by atoms with Gasteiger partial charge in [0.2, 0.25) is 0 Å². The Morgan fingerprint density at radius 3 is 2.13 bits per heavy atom. The summed E-state index contributed by atoms with van der Waals surface area (Å²) in [5, 5.41) is 0. The smallest absolute Gasteiger partial charge is 0.0829 e. The van der Waals surface area contributed by atoms with Gasteiger partial charge in [0, 0.05) is 12.6 Å². The third-order valence-electron chi connectivity index (χ3n) is 4.14. The maximum Gasteiger partial charge on any atom is 0.0829 e. The van der Waals surface area contributed by atoms with Crippen LogP contribution in [0.3, 0.4) is 0 Å².